The van der Waals surface area contributed by atoms with E-state index >= 15 is 0 Å². The normalized spacial score (nSPS) is 11.2. The highest BCUT2D eigenvalue weighted by molar-refractivity contribution is 5.98. The molecule has 0 radical (unpaired) electrons. The Labute approximate surface area is 177 Å². The van der Waals surface area contributed by atoms with E-state index in [1.165, 1.54) is 4.90 Å². The number of benzene rings is 2. The monoisotopic (exact) mass is 404 g/mol. The average molecular weight is 405 g/mol. The van der Waals surface area contributed by atoms with E-state index in [2.05, 4.69) is 26.1 Å². The van der Waals surface area contributed by atoms with Crippen LogP contribution in [0.2, 0.25) is 0 Å². The summed E-state index contributed by atoms with van der Waals surface area (Å²) in [5.41, 5.74) is 2.38. The maximum atomic E-state index is 12.7. The van der Waals surface area contributed by atoms with Gasteiger partial charge in [0.2, 0.25) is 5.91 Å². The summed E-state index contributed by atoms with van der Waals surface area (Å²) in [5, 5.41) is 7.64. The maximum Gasteiger partial charge on any atom is 0.254 e. The van der Waals surface area contributed by atoms with Gasteiger partial charge in [-0.25, -0.2) is 4.68 Å². The van der Waals surface area contributed by atoms with Crippen LogP contribution in [0.3, 0.4) is 0 Å². The topological polar surface area (TPSA) is 67.2 Å². The van der Waals surface area contributed by atoms with Crippen molar-refractivity contribution in [1.29, 1.82) is 0 Å². The number of carbonyl (C=O) groups is 2. The zero-order chi connectivity index (χ0) is 21.7. The van der Waals surface area contributed by atoms with E-state index in [9.17, 15) is 9.59 Å². The van der Waals surface area contributed by atoms with Crippen LogP contribution in [0.25, 0.3) is 0 Å². The summed E-state index contributed by atoms with van der Waals surface area (Å²) in [5.74, 6) is 0.157. The molecule has 3 aromatic rings. The number of hydrogen-bond acceptors (Lipinski definition) is 3. The molecule has 0 aliphatic heterocycles. The highest BCUT2D eigenvalue weighted by Crippen LogP contribution is 2.24. The number of hydrogen-bond donors (Lipinski definition) is 1. The van der Waals surface area contributed by atoms with Gasteiger partial charge >= 0.3 is 0 Å². The van der Waals surface area contributed by atoms with Gasteiger partial charge in [-0.1, -0.05) is 69.3 Å². The fourth-order valence-corrected chi connectivity index (χ4v) is 3.03. The Bertz CT molecular complexity index is 1000. The minimum atomic E-state index is -0.267. The molecule has 156 valence electrons. The van der Waals surface area contributed by atoms with Crippen LogP contribution in [0.15, 0.2) is 66.7 Å². The molecular weight excluding hydrogens is 376 g/mol. The lowest BCUT2D eigenvalue weighted by atomic mass is 9.92. The Balaban J connectivity index is 1.75. The van der Waals surface area contributed by atoms with Crippen LogP contribution in [-0.4, -0.2) is 40.1 Å². The third-order valence-electron chi connectivity index (χ3n) is 4.74. The van der Waals surface area contributed by atoms with E-state index in [0.717, 1.165) is 11.3 Å². The van der Waals surface area contributed by atoms with Gasteiger partial charge in [-0.3, -0.25) is 9.59 Å². The lowest BCUT2D eigenvalue weighted by molar-refractivity contribution is -0.116. The van der Waals surface area contributed by atoms with Crippen LogP contribution < -0.4 is 5.32 Å². The largest absolute Gasteiger partial charge is 0.332 e. The molecule has 6 heteroatoms. The van der Waals surface area contributed by atoms with E-state index < -0.39 is 0 Å². The van der Waals surface area contributed by atoms with Gasteiger partial charge in [0, 0.05) is 24.1 Å². The van der Waals surface area contributed by atoms with Crippen molar-refractivity contribution in [2.75, 3.05) is 18.9 Å². The predicted molar refractivity (Wildman–Crippen MR) is 119 cm³/mol. The quantitative estimate of drug-likeness (QED) is 0.677. The van der Waals surface area contributed by atoms with Gasteiger partial charge in [0.05, 0.1) is 18.8 Å². The van der Waals surface area contributed by atoms with Crippen molar-refractivity contribution in [2.24, 2.45) is 0 Å². The fourth-order valence-electron chi connectivity index (χ4n) is 3.03. The van der Waals surface area contributed by atoms with Crippen LogP contribution in [0.4, 0.5) is 5.82 Å². The number of likely N-dealkylation sites (N-methyl/N-ethyl adjacent to an activating group) is 1. The molecule has 2 aromatic carbocycles. The highest BCUT2D eigenvalue weighted by Gasteiger charge is 2.22. The molecule has 0 bridgehead atoms. The Kier molecular flexibility index (Phi) is 6.35. The third kappa shape index (κ3) is 5.35. The predicted octanol–water partition coefficient (Wildman–Crippen LogP) is 3.94. The first-order valence-corrected chi connectivity index (χ1v) is 9.96. The molecule has 0 atom stereocenters. The van der Waals surface area contributed by atoms with E-state index in [-0.39, 0.29) is 23.8 Å². The van der Waals surface area contributed by atoms with Gasteiger partial charge in [0.15, 0.2) is 0 Å². The number of carbonyl (C=O) groups excluding carboxylic acids is 2. The second-order valence-electron chi connectivity index (χ2n) is 8.38. The Hall–Kier alpha value is -3.41. The molecule has 0 saturated carbocycles. The second-order valence-corrected chi connectivity index (χ2v) is 8.38. The molecule has 0 saturated heterocycles. The van der Waals surface area contributed by atoms with E-state index in [0.29, 0.717) is 17.9 Å². The first-order valence-electron chi connectivity index (χ1n) is 9.96. The van der Waals surface area contributed by atoms with Gasteiger partial charge in [0.1, 0.15) is 5.82 Å². The van der Waals surface area contributed by atoms with Crippen LogP contribution in [-0.2, 0) is 16.8 Å². The highest BCUT2D eigenvalue weighted by atomic mass is 16.2. The van der Waals surface area contributed by atoms with Crippen LogP contribution >= 0.6 is 0 Å². The lowest BCUT2D eigenvalue weighted by Crippen LogP contribution is -2.35. The summed E-state index contributed by atoms with van der Waals surface area (Å²) in [6.45, 7) is 6.75. The molecule has 0 fully saturated rings. The number of anilines is 1. The number of nitrogens with one attached hydrogen (secondary N) is 1. The van der Waals surface area contributed by atoms with Crippen molar-refractivity contribution in [3.8, 4) is 0 Å². The minimum Gasteiger partial charge on any atom is -0.332 e. The van der Waals surface area contributed by atoms with Crippen molar-refractivity contribution in [2.45, 2.75) is 32.7 Å². The summed E-state index contributed by atoms with van der Waals surface area (Å²) in [4.78, 5) is 26.6. The Morgan fingerprint density at radius 1 is 1.00 bits per heavy atom. The molecule has 0 aliphatic rings. The maximum absolute atomic E-state index is 12.7. The standard InChI is InChI=1S/C24H28N4O2/c1-24(2,3)20-15-21(28(26-20)16-18-11-7-5-8-12-18)25-22(29)17-27(4)23(30)19-13-9-6-10-14-19/h5-15H,16-17H2,1-4H3,(H,25,29). The zero-order valence-corrected chi connectivity index (χ0v) is 17.9. The second kappa shape index (κ2) is 8.95. The Morgan fingerprint density at radius 2 is 1.60 bits per heavy atom. The van der Waals surface area contributed by atoms with Crippen molar-refractivity contribution >= 4 is 17.6 Å². The molecule has 0 aliphatic carbocycles. The molecular formula is C24H28N4O2. The van der Waals surface area contributed by atoms with Crippen molar-refractivity contribution in [3.05, 3.63) is 83.6 Å². The van der Waals surface area contributed by atoms with Crippen molar-refractivity contribution in [3.63, 3.8) is 0 Å². The molecule has 3 rings (SSSR count). The summed E-state index contributed by atoms with van der Waals surface area (Å²) in [7, 11) is 1.62. The molecule has 2 amide bonds. The summed E-state index contributed by atoms with van der Waals surface area (Å²) in [6.07, 6.45) is 0. The zero-order valence-electron chi connectivity index (χ0n) is 17.9. The van der Waals surface area contributed by atoms with Gasteiger partial charge in [-0.05, 0) is 17.7 Å². The number of rotatable bonds is 6. The minimum absolute atomic E-state index is 0.0465. The SMILES string of the molecule is CN(CC(=O)Nc1cc(C(C)(C)C)nn1Cc1ccccc1)C(=O)c1ccccc1. The number of nitrogens with zero attached hydrogens (tertiary/aromatic N) is 3. The molecule has 0 spiro atoms. The summed E-state index contributed by atoms with van der Waals surface area (Å²) in [6, 6.07) is 20.8. The Morgan fingerprint density at radius 3 is 2.20 bits per heavy atom. The average Bonchev–Trinajstić information content (AvgIpc) is 3.11. The molecule has 6 nitrogen and oxygen atoms in total. The van der Waals surface area contributed by atoms with Gasteiger partial charge < -0.3 is 10.2 Å². The van der Waals surface area contributed by atoms with Gasteiger partial charge in [-0.2, -0.15) is 5.10 Å². The van der Waals surface area contributed by atoms with E-state index in [4.69, 9.17) is 5.10 Å². The first kappa shape index (κ1) is 21.3. The molecule has 0 unspecified atom stereocenters. The molecule has 1 aromatic heterocycles. The number of aromatic nitrogens is 2. The van der Waals surface area contributed by atoms with E-state index in [1.54, 1.807) is 36.0 Å². The summed E-state index contributed by atoms with van der Waals surface area (Å²) >= 11 is 0. The first-order chi connectivity index (χ1) is 14.2. The van der Waals surface area contributed by atoms with Crippen LogP contribution in [0, 0.1) is 0 Å². The smallest absolute Gasteiger partial charge is 0.254 e. The van der Waals surface area contributed by atoms with Crippen molar-refractivity contribution < 1.29 is 9.59 Å². The van der Waals surface area contributed by atoms with E-state index in [1.807, 2.05) is 42.5 Å². The van der Waals surface area contributed by atoms with Crippen LogP contribution in [0.5, 0.6) is 0 Å². The molecule has 30 heavy (non-hydrogen) atoms. The molecule has 1 heterocycles. The van der Waals surface area contributed by atoms with Gasteiger partial charge in [-0.15, -0.1) is 0 Å². The van der Waals surface area contributed by atoms with Crippen molar-refractivity contribution in [1.82, 2.24) is 14.7 Å². The summed E-state index contributed by atoms with van der Waals surface area (Å²) < 4.78 is 1.80. The third-order valence-corrected chi connectivity index (χ3v) is 4.74. The lowest BCUT2D eigenvalue weighted by Gasteiger charge is -2.17. The molecule has 1 N–H and O–H groups in total. The van der Waals surface area contributed by atoms with Gasteiger partial charge in [0.25, 0.3) is 5.91 Å². The fraction of sp³-hybridized carbons (Fsp3) is 0.292. The number of amides is 2. The van der Waals surface area contributed by atoms with Crippen LogP contribution in [0.1, 0.15) is 42.4 Å².